The third kappa shape index (κ3) is 1.62. The van der Waals surface area contributed by atoms with Gasteiger partial charge in [0, 0.05) is 11.4 Å². The van der Waals surface area contributed by atoms with E-state index in [9.17, 15) is 4.79 Å². The summed E-state index contributed by atoms with van der Waals surface area (Å²) in [6, 6.07) is 0. The van der Waals surface area contributed by atoms with E-state index in [0.29, 0.717) is 0 Å². The lowest BCUT2D eigenvalue weighted by atomic mass is 9.85. The van der Waals surface area contributed by atoms with Crippen LogP contribution in [0, 0.1) is 0 Å². The minimum Gasteiger partial charge on any atom is -0.369 e. The highest BCUT2D eigenvalue weighted by Crippen LogP contribution is 2.35. The van der Waals surface area contributed by atoms with Crippen molar-refractivity contribution in [2.75, 3.05) is 0 Å². The second-order valence-corrected chi connectivity index (χ2v) is 4.75. The van der Waals surface area contributed by atoms with E-state index in [0.717, 1.165) is 37.1 Å². The fraction of sp³-hybridized carbons (Fsp3) is 0.357. The number of fused-ring (bicyclic) bond motifs is 3. The van der Waals surface area contributed by atoms with Gasteiger partial charge in [-0.05, 0) is 42.9 Å². The molecule has 0 spiro atoms. The highest BCUT2D eigenvalue weighted by Gasteiger charge is 2.29. The van der Waals surface area contributed by atoms with Crippen LogP contribution in [0.5, 0.6) is 0 Å². The first kappa shape index (κ1) is 10.4. The number of nitrogens with two attached hydrogens (primary N) is 1. The van der Waals surface area contributed by atoms with Gasteiger partial charge in [0.05, 0.1) is 5.92 Å². The van der Waals surface area contributed by atoms with Crippen molar-refractivity contribution in [3.8, 4) is 0 Å². The van der Waals surface area contributed by atoms with Gasteiger partial charge in [-0.2, -0.15) is 0 Å². The van der Waals surface area contributed by atoms with E-state index < -0.39 is 0 Å². The fourth-order valence-corrected chi connectivity index (χ4v) is 2.91. The van der Waals surface area contributed by atoms with Gasteiger partial charge >= 0.3 is 0 Å². The van der Waals surface area contributed by atoms with Crippen molar-refractivity contribution in [2.45, 2.75) is 31.6 Å². The summed E-state index contributed by atoms with van der Waals surface area (Å²) in [5.74, 6) is -0.329. The standard InChI is InChI=1S/C14H16N2O/c15-14(17)11-7-4-6-10-9-5-2-1-3-8-12(9)16-13(10)11/h1-3,8,11,16H,4-7H2,(H2,15,17). The van der Waals surface area contributed by atoms with Crippen molar-refractivity contribution in [3.05, 3.63) is 40.7 Å². The Morgan fingerprint density at radius 2 is 2.24 bits per heavy atom. The van der Waals surface area contributed by atoms with Crippen LogP contribution in [-0.4, -0.2) is 10.9 Å². The Hall–Kier alpha value is -1.77. The van der Waals surface area contributed by atoms with E-state index in [4.69, 9.17) is 5.73 Å². The first-order valence-corrected chi connectivity index (χ1v) is 6.13. The highest BCUT2D eigenvalue weighted by molar-refractivity contribution is 5.82. The van der Waals surface area contributed by atoms with Crippen LogP contribution in [-0.2, 0) is 17.6 Å². The molecule has 2 aliphatic rings. The van der Waals surface area contributed by atoms with Gasteiger partial charge in [0.2, 0.25) is 5.91 Å². The molecule has 3 nitrogen and oxygen atoms in total. The Kier molecular flexibility index (Phi) is 2.39. The zero-order chi connectivity index (χ0) is 11.8. The van der Waals surface area contributed by atoms with Gasteiger partial charge in [-0.25, -0.2) is 0 Å². The second kappa shape index (κ2) is 3.91. The number of carbonyl (C=O) groups is 1. The predicted octanol–water partition coefficient (Wildman–Crippen LogP) is 2.05. The molecule has 3 heteroatoms. The molecule has 0 aliphatic heterocycles. The van der Waals surface area contributed by atoms with Gasteiger partial charge < -0.3 is 10.7 Å². The van der Waals surface area contributed by atoms with Crippen molar-refractivity contribution in [1.29, 1.82) is 0 Å². The van der Waals surface area contributed by atoms with Crippen LogP contribution in [0.25, 0.3) is 6.08 Å². The molecular weight excluding hydrogens is 212 g/mol. The van der Waals surface area contributed by atoms with Crippen molar-refractivity contribution < 1.29 is 4.79 Å². The van der Waals surface area contributed by atoms with Gasteiger partial charge in [0.25, 0.3) is 0 Å². The Morgan fingerprint density at radius 1 is 1.35 bits per heavy atom. The Balaban J connectivity index is 2.12. The van der Waals surface area contributed by atoms with Crippen molar-refractivity contribution >= 4 is 12.0 Å². The van der Waals surface area contributed by atoms with Gasteiger partial charge in [-0.1, -0.05) is 18.2 Å². The van der Waals surface area contributed by atoms with Crippen molar-refractivity contribution in [1.82, 2.24) is 4.98 Å². The number of aromatic amines is 1. The Labute approximate surface area is 100 Å². The summed E-state index contributed by atoms with van der Waals surface area (Å²) >= 11 is 0. The summed E-state index contributed by atoms with van der Waals surface area (Å²) in [6.45, 7) is 0. The maximum absolute atomic E-state index is 11.5. The zero-order valence-electron chi connectivity index (χ0n) is 9.70. The molecule has 3 rings (SSSR count). The number of nitrogens with one attached hydrogen (secondary N) is 1. The Bertz CT molecular complexity index is 523. The van der Waals surface area contributed by atoms with E-state index in [-0.39, 0.29) is 11.8 Å². The zero-order valence-corrected chi connectivity index (χ0v) is 9.70. The molecule has 0 fully saturated rings. The molecule has 0 saturated carbocycles. The number of amides is 1. The summed E-state index contributed by atoms with van der Waals surface area (Å²) in [5.41, 5.74) is 10.4. The molecule has 1 heterocycles. The molecule has 1 aromatic rings. The lowest BCUT2D eigenvalue weighted by molar-refractivity contribution is -0.119. The van der Waals surface area contributed by atoms with E-state index in [2.05, 4.69) is 23.2 Å². The molecule has 1 amide bonds. The second-order valence-electron chi connectivity index (χ2n) is 4.75. The van der Waals surface area contributed by atoms with Crippen LogP contribution in [0.4, 0.5) is 0 Å². The van der Waals surface area contributed by atoms with Gasteiger partial charge in [0.1, 0.15) is 0 Å². The summed E-state index contributed by atoms with van der Waals surface area (Å²) in [5, 5.41) is 0. The van der Waals surface area contributed by atoms with Gasteiger partial charge in [-0.3, -0.25) is 4.79 Å². The number of hydrogen-bond donors (Lipinski definition) is 2. The van der Waals surface area contributed by atoms with Crippen LogP contribution in [0.3, 0.4) is 0 Å². The minimum atomic E-state index is -0.207. The first-order valence-electron chi connectivity index (χ1n) is 6.13. The monoisotopic (exact) mass is 228 g/mol. The van der Waals surface area contributed by atoms with Gasteiger partial charge in [0.15, 0.2) is 0 Å². The van der Waals surface area contributed by atoms with Crippen LogP contribution >= 0.6 is 0 Å². The number of H-pyrrole nitrogens is 1. The van der Waals surface area contributed by atoms with E-state index in [1.165, 1.54) is 11.1 Å². The fourth-order valence-electron chi connectivity index (χ4n) is 2.91. The molecule has 1 unspecified atom stereocenters. The number of carbonyl (C=O) groups excluding carboxylic acids is 1. The third-order valence-electron chi connectivity index (χ3n) is 3.73. The third-order valence-corrected chi connectivity index (χ3v) is 3.73. The molecular formula is C14H16N2O. The normalized spacial score (nSPS) is 21.8. The smallest absolute Gasteiger partial charge is 0.226 e. The van der Waals surface area contributed by atoms with E-state index >= 15 is 0 Å². The number of primary amides is 1. The highest BCUT2D eigenvalue weighted by atomic mass is 16.1. The minimum absolute atomic E-state index is 0.122. The maximum Gasteiger partial charge on any atom is 0.226 e. The molecule has 3 N–H and O–H groups in total. The maximum atomic E-state index is 11.5. The molecule has 0 radical (unpaired) electrons. The predicted molar refractivity (Wildman–Crippen MR) is 67.5 cm³/mol. The van der Waals surface area contributed by atoms with Crippen LogP contribution in [0.1, 0.15) is 41.3 Å². The lowest BCUT2D eigenvalue weighted by Gasteiger charge is -2.20. The van der Waals surface area contributed by atoms with Crippen LogP contribution < -0.4 is 5.73 Å². The molecule has 17 heavy (non-hydrogen) atoms. The quantitative estimate of drug-likeness (QED) is 0.759. The molecule has 0 saturated heterocycles. The van der Waals surface area contributed by atoms with Crippen LogP contribution in [0.2, 0.25) is 0 Å². The Morgan fingerprint density at radius 3 is 3.06 bits per heavy atom. The number of aromatic nitrogens is 1. The molecule has 2 aliphatic carbocycles. The van der Waals surface area contributed by atoms with E-state index in [1.807, 2.05) is 6.08 Å². The molecule has 1 atom stereocenters. The van der Waals surface area contributed by atoms with E-state index in [1.54, 1.807) is 0 Å². The molecule has 0 bridgehead atoms. The molecule has 0 aromatic carbocycles. The summed E-state index contributed by atoms with van der Waals surface area (Å²) in [7, 11) is 0. The van der Waals surface area contributed by atoms with Gasteiger partial charge in [-0.15, -0.1) is 0 Å². The number of allylic oxidation sites excluding steroid dienone is 3. The topological polar surface area (TPSA) is 58.9 Å². The summed E-state index contributed by atoms with van der Waals surface area (Å²) in [4.78, 5) is 14.9. The average molecular weight is 228 g/mol. The SMILES string of the molecule is NC(=O)C1CCCc2c1[nH]c1c2CC=CC=C1. The van der Waals surface area contributed by atoms with Crippen LogP contribution in [0.15, 0.2) is 18.2 Å². The largest absolute Gasteiger partial charge is 0.369 e. The number of rotatable bonds is 1. The molecule has 88 valence electrons. The van der Waals surface area contributed by atoms with Crippen molar-refractivity contribution in [3.63, 3.8) is 0 Å². The summed E-state index contributed by atoms with van der Waals surface area (Å²) in [6.07, 6.45) is 12.3. The number of hydrogen-bond acceptors (Lipinski definition) is 1. The van der Waals surface area contributed by atoms with Crippen molar-refractivity contribution in [2.24, 2.45) is 5.73 Å². The average Bonchev–Trinajstić information content (AvgIpc) is 2.52. The first-order chi connectivity index (χ1) is 8.27. The lowest BCUT2D eigenvalue weighted by Crippen LogP contribution is -2.25. The summed E-state index contributed by atoms with van der Waals surface area (Å²) < 4.78 is 0. The molecule has 1 aromatic heterocycles.